The molecule has 0 saturated carbocycles. The molecule has 3 aliphatic rings. The molecule has 2 aliphatic carbocycles. The number of carbonyl (C=O) groups is 2. The van der Waals surface area contributed by atoms with Crippen LogP contribution in [0.2, 0.25) is 0 Å². The normalized spacial score (nSPS) is 25.9. The summed E-state index contributed by atoms with van der Waals surface area (Å²) in [5, 5.41) is 3.29. The van der Waals surface area contributed by atoms with Crippen LogP contribution >= 0.6 is 0 Å². The third kappa shape index (κ3) is 1.06. The maximum atomic E-state index is 11.7. The van der Waals surface area contributed by atoms with Gasteiger partial charge in [-0.15, -0.1) is 0 Å². The lowest BCUT2D eigenvalue weighted by molar-refractivity contribution is -0.115. The lowest BCUT2D eigenvalue weighted by atomic mass is 9.87. The Morgan fingerprint density at radius 2 is 1.40 bits per heavy atom. The van der Waals surface area contributed by atoms with Gasteiger partial charge in [-0.05, 0) is 12.8 Å². The van der Waals surface area contributed by atoms with Gasteiger partial charge in [-0.25, -0.2) is 0 Å². The molecule has 0 unspecified atom stereocenters. The van der Waals surface area contributed by atoms with Crippen molar-refractivity contribution in [2.24, 2.45) is 5.92 Å². The molecule has 0 fully saturated rings. The van der Waals surface area contributed by atoms with Crippen LogP contribution in [-0.4, -0.2) is 11.6 Å². The maximum Gasteiger partial charge on any atom is 0.161 e. The van der Waals surface area contributed by atoms with E-state index in [1.54, 1.807) is 0 Å². The van der Waals surface area contributed by atoms with Crippen LogP contribution in [0.3, 0.4) is 0 Å². The summed E-state index contributed by atoms with van der Waals surface area (Å²) in [4.78, 5) is 23.4. The zero-order valence-electron chi connectivity index (χ0n) is 8.72. The quantitative estimate of drug-likeness (QED) is 0.648. The van der Waals surface area contributed by atoms with Gasteiger partial charge in [0, 0.05) is 41.3 Å². The Morgan fingerprint density at radius 1 is 0.933 bits per heavy atom. The first-order valence-corrected chi connectivity index (χ1v) is 5.48. The van der Waals surface area contributed by atoms with Crippen molar-refractivity contribution in [2.45, 2.75) is 32.6 Å². The Labute approximate surface area is 88.2 Å². The number of carbonyl (C=O) groups excluding carboxylic acids is 2. The highest BCUT2D eigenvalue weighted by Gasteiger charge is 2.39. The van der Waals surface area contributed by atoms with Gasteiger partial charge in [0.1, 0.15) is 0 Å². The highest BCUT2D eigenvalue weighted by atomic mass is 16.1. The van der Waals surface area contributed by atoms with E-state index >= 15 is 0 Å². The molecular weight excluding hydrogens is 190 g/mol. The third-order valence-corrected chi connectivity index (χ3v) is 3.62. The van der Waals surface area contributed by atoms with E-state index in [9.17, 15) is 9.59 Å². The predicted molar refractivity (Wildman–Crippen MR) is 54.8 cm³/mol. The second-order valence-electron chi connectivity index (χ2n) is 4.48. The summed E-state index contributed by atoms with van der Waals surface area (Å²) in [6, 6.07) is 0. The summed E-state index contributed by atoms with van der Waals surface area (Å²) < 4.78 is 0. The lowest BCUT2D eigenvalue weighted by Crippen LogP contribution is -2.25. The minimum absolute atomic E-state index is 0.0289. The average molecular weight is 203 g/mol. The zero-order chi connectivity index (χ0) is 10.6. The van der Waals surface area contributed by atoms with Gasteiger partial charge in [-0.2, -0.15) is 0 Å². The van der Waals surface area contributed by atoms with E-state index in [-0.39, 0.29) is 17.5 Å². The summed E-state index contributed by atoms with van der Waals surface area (Å²) in [6.07, 6.45) is 2.86. The minimum Gasteiger partial charge on any atom is -0.362 e. The van der Waals surface area contributed by atoms with Crippen molar-refractivity contribution < 1.29 is 9.59 Å². The topological polar surface area (TPSA) is 46.2 Å². The number of dihydropyridines is 1. The van der Waals surface area contributed by atoms with Crippen molar-refractivity contribution in [3.05, 3.63) is 22.5 Å². The summed E-state index contributed by atoms with van der Waals surface area (Å²) in [7, 11) is 0. The molecule has 0 aromatic carbocycles. The van der Waals surface area contributed by atoms with Crippen LogP contribution in [0.25, 0.3) is 0 Å². The van der Waals surface area contributed by atoms with E-state index in [2.05, 4.69) is 5.32 Å². The van der Waals surface area contributed by atoms with Crippen LogP contribution in [0.4, 0.5) is 0 Å². The molecule has 3 nitrogen and oxygen atoms in total. The molecule has 0 aromatic heterocycles. The SMILES string of the molecule is CC1C2=C(CCC2=O)NC2=C1C(=O)CC2. The molecule has 0 bridgehead atoms. The molecule has 3 rings (SSSR count). The lowest BCUT2D eigenvalue weighted by Gasteiger charge is -2.23. The Hall–Kier alpha value is -1.38. The molecule has 1 heterocycles. The largest absolute Gasteiger partial charge is 0.362 e. The van der Waals surface area contributed by atoms with E-state index in [0.29, 0.717) is 12.8 Å². The first-order valence-electron chi connectivity index (χ1n) is 5.48. The predicted octanol–water partition coefficient (Wildman–Crippen LogP) is 1.46. The number of hydrogen-bond donors (Lipinski definition) is 1. The third-order valence-electron chi connectivity index (χ3n) is 3.62. The summed E-state index contributed by atoms with van der Waals surface area (Å²) in [5.74, 6) is 0.466. The van der Waals surface area contributed by atoms with E-state index in [0.717, 1.165) is 35.4 Å². The molecule has 1 aliphatic heterocycles. The van der Waals surface area contributed by atoms with Crippen LogP contribution in [0, 0.1) is 5.92 Å². The van der Waals surface area contributed by atoms with E-state index < -0.39 is 0 Å². The number of Topliss-reactive ketones (excluding diaryl/α,β-unsaturated/α-hetero) is 2. The molecule has 1 N–H and O–H groups in total. The van der Waals surface area contributed by atoms with Crippen molar-refractivity contribution in [1.29, 1.82) is 0 Å². The summed E-state index contributed by atoms with van der Waals surface area (Å²) in [5.41, 5.74) is 3.87. The zero-order valence-corrected chi connectivity index (χ0v) is 8.72. The maximum absolute atomic E-state index is 11.7. The average Bonchev–Trinajstić information content (AvgIpc) is 2.73. The molecular formula is C12H13NO2. The van der Waals surface area contributed by atoms with Crippen LogP contribution in [-0.2, 0) is 9.59 Å². The molecule has 0 spiro atoms. The van der Waals surface area contributed by atoms with Crippen LogP contribution in [0.1, 0.15) is 32.6 Å². The van der Waals surface area contributed by atoms with Crippen molar-refractivity contribution in [3.63, 3.8) is 0 Å². The van der Waals surface area contributed by atoms with Crippen molar-refractivity contribution >= 4 is 11.6 Å². The molecule has 78 valence electrons. The number of rotatable bonds is 0. The fraction of sp³-hybridized carbons (Fsp3) is 0.500. The first kappa shape index (κ1) is 8.89. The fourth-order valence-corrected chi connectivity index (χ4v) is 2.94. The Bertz CT molecular complexity index is 403. The van der Waals surface area contributed by atoms with Crippen LogP contribution < -0.4 is 5.32 Å². The van der Waals surface area contributed by atoms with Gasteiger partial charge < -0.3 is 5.32 Å². The molecule has 0 atom stereocenters. The standard InChI is InChI=1S/C12H13NO2/c1-6-11-7(2-4-9(11)14)13-8-3-5-10(15)12(6)8/h6,13H,2-5H2,1H3. The molecule has 0 amide bonds. The summed E-state index contributed by atoms with van der Waals surface area (Å²) >= 11 is 0. The molecule has 3 heteroatoms. The minimum atomic E-state index is 0.0289. The van der Waals surface area contributed by atoms with Gasteiger partial charge in [-0.3, -0.25) is 9.59 Å². The molecule has 15 heavy (non-hydrogen) atoms. The second-order valence-corrected chi connectivity index (χ2v) is 4.48. The van der Waals surface area contributed by atoms with Gasteiger partial charge in [0.2, 0.25) is 0 Å². The number of ketones is 2. The van der Waals surface area contributed by atoms with Gasteiger partial charge in [-0.1, -0.05) is 6.92 Å². The van der Waals surface area contributed by atoms with E-state index in [1.807, 2.05) is 6.92 Å². The van der Waals surface area contributed by atoms with E-state index in [1.165, 1.54) is 0 Å². The first-order chi connectivity index (χ1) is 7.18. The van der Waals surface area contributed by atoms with Gasteiger partial charge in [0.25, 0.3) is 0 Å². The number of hydrogen-bond acceptors (Lipinski definition) is 3. The highest BCUT2D eigenvalue weighted by Crippen LogP contribution is 2.40. The number of nitrogens with one attached hydrogen (secondary N) is 1. The number of allylic oxidation sites excluding steroid dienone is 4. The Morgan fingerprint density at radius 3 is 1.87 bits per heavy atom. The highest BCUT2D eigenvalue weighted by molar-refractivity contribution is 6.06. The van der Waals surface area contributed by atoms with Crippen LogP contribution in [0.15, 0.2) is 22.5 Å². The monoisotopic (exact) mass is 203 g/mol. The van der Waals surface area contributed by atoms with Crippen molar-refractivity contribution in [2.75, 3.05) is 0 Å². The molecule has 0 saturated heterocycles. The molecule has 0 radical (unpaired) electrons. The summed E-state index contributed by atoms with van der Waals surface area (Å²) in [6.45, 7) is 1.98. The Kier molecular flexibility index (Phi) is 1.67. The Balaban J connectivity index is 2.06. The van der Waals surface area contributed by atoms with Gasteiger partial charge in [0.05, 0.1) is 0 Å². The van der Waals surface area contributed by atoms with Crippen molar-refractivity contribution in [3.8, 4) is 0 Å². The van der Waals surface area contributed by atoms with Crippen molar-refractivity contribution in [1.82, 2.24) is 5.32 Å². The smallest absolute Gasteiger partial charge is 0.161 e. The second kappa shape index (κ2) is 2.81. The van der Waals surface area contributed by atoms with E-state index in [4.69, 9.17) is 0 Å². The van der Waals surface area contributed by atoms with Gasteiger partial charge in [0.15, 0.2) is 11.6 Å². The van der Waals surface area contributed by atoms with Crippen LogP contribution in [0.5, 0.6) is 0 Å². The fourth-order valence-electron chi connectivity index (χ4n) is 2.94. The van der Waals surface area contributed by atoms with Gasteiger partial charge >= 0.3 is 0 Å². The molecule has 0 aromatic rings.